The molecular formula is C8H16N2O. The van der Waals surface area contributed by atoms with Gasteiger partial charge in [-0.25, -0.2) is 0 Å². The van der Waals surface area contributed by atoms with E-state index in [4.69, 9.17) is 5.73 Å². The number of nitrogens with one attached hydrogen (secondary N) is 1. The lowest BCUT2D eigenvalue weighted by Crippen LogP contribution is -2.41. The summed E-state index contributed by atoms with van der Waals surface area (Å²) in [5, 5.41) is 2.89. The van der Waals surface area contributed by atoms with E-state index in [1.807, 2.05) is 6.92 Å². The van der Waals surface area contributed by atoms with Crippen molar-refractivity contribution in [3.63, 3.8) is 0 Å². The molecule has 1 aliphatic rings. The summed E-state index contributed by atoms with van der Waals surface area (Å²) in [7, 11) is 0. The van der Waals surface area contributed by atoms with E-state index in [0.717, 1.165) is 6.42 Å². The molecule has 1 rings (SSSR count). The fourth-order valence-electron chi connectivity index (χ4n) is 0.998. The quantitative estimate of drug-likeness (QED) is 0.615. The average molecular weight is 156 g/mol. The number of hydrogen-bond donors (Lipinski definition) is 2. The highest BCUT2D eigenvalue weighted by Gasteiger charge is 2.34. The molecule has 64 valence electrons. The zero-order valence-corrected chi connectivity index (χ0v) is 7.13. The molecule has 0 aromatic heterocycles. The fourth-order valence-corrected chi connectivity index (χ4v) is 0.998. The Labute approximate surface area is 67.3 Å². The number of amides is 1. The van der Waals surface area contributed by atoms with Crippen LogP contribution in [0.4, 0.5) is 0 Å². The maximum absolute atomic E-state index is 11.1. The highest BCUT2D eigenvalue weighted by atomic mass is 16.2. The van der Waals surface area contributed by atoms with E-state index in [2.05, 4.69) is 12.2 Å². The van der Waals surface area contributed by atoms with Gasteiger partial charge in [-0.1, -0.05) is 13.8 Å². The third-order valence-electron chi connectivity index (χ3n) is 2.21. The first kappa shape index (κ1) is 8.53. The minimum Gasteiger partial charge on any atom is -0.352 e. The molecule has 1 fully saturated rings. The lowest BCUT2D eigenvalue weighted by Gasteiger charge is -2.08. The first-order chi connectivity index (χ1) is 5.15. The highest BCUT2D eigenvalue weighted by molar-refractivity contribution is 5.81. The normalized spacial score (nSPS) is 31.2. The number of carbonyl (C=O) groups excluding carboxylic acids is 1. The van der Waals surface area contributed by atoms with Gasteiger partial charge in [0.1, 0.15) is 0 Å². The van der Waals surface area contributed by atoms with Crippen molar-refractivity contribution >= 4 is 5.91 Å². The van der Waals surface area contributed by atoms with E-state index in [0.29, 0.717) is 18.4 Å². The summed E-state index contributed by atoms with van der Waals surface area (Å²) in [6.45, 7) is 4.04. The minimum absolute atomic E-state index is 0.00171. The van der Waals surface area contributed by atoms with Crippen molar-refractivity contribution in [2.45, 2.75) is 38.8 Å². The van der Waals surface area contributed by atoms with E-state index < -0.39 is 0 Å². The zero-order valence-electron chi connectivity index (χ0n) is 7.13. The monoisotopic (exact) mass is 156 g/mol. The first-order valence-corrected chi connectivity index (χ1v) is 4.21. The van der Waals surface area contributed by atoms with Gasteiger partial charge in [-0.2, -0.15) is 0 Å². The van der Waals surface area contributed by atoms with Crippen molar-refractivity contribution in [3.8, 4) is 0 Å². The molecule has 0 bridgehead atoms. The minimum atomic E-state index is -0.317. The second-order valence-corrected chi connectivity index (χ2v) is 3.34. The van der Waals surface area contributed by atoms with E-state index in [1.165, 1.54) is 0 Å². The van der Waals surface area contributed by atoms with Gasteiger partial charge in [0.25, 0.3) is 0 Å². The van der Waals surface area contributed by atoms with Crippen LogP contribution in [0.5, 0.6) is 0 Å². The van der Waals surface area contributed by atoms with Gasteiger partial charge in [-0.15, -0.1) is 0 Å². The van der Waals surface area contributed by atoms with Crippen LogP contribution in [-0.4, -0.2) is 18.0 Å². The molecule has 3 N–H and O–H groups in total. The Hall–Kier alpha value is -0.570. The number of rotatable bonds is 3. The maximum Gasteiger partial charge on any atom is 0.237 e. The average Bonchev–Trinajstić information content (AvgIpc) is 2.65. The molecule has 1 saturated carbocycles. The van der Waals surface area contributed by atoms with Crippen LogP contribution < -0.4 is 11.1 Å². The van der Waals surface area contributed by atoms with Crippen LogP contribution in [0.2, 0.25) is 0 Å². The SMILES string of the molecule is CCC(N)C(=O)NC1CC1C. The molecule has 0 heterocycles. The second kappa shape index (κ2) is 3.22. The number of carbonyl (C=O) groups is 1. The van der Waals surface area contributed by atoms with Gasteiger partial charge in [0.15, 0.2) is 0 Å². The molecule has 0 aliphatic heterocycles. The summed E-state index contributed by atoms with van der Waals surface area (Å²) >= 11 is 0. The molecule has 0 spiro atoms. The number of hydrogen-bond acceptors (Lipinski definition) is 2. The predicted molar refractivity (Wildman–Crippen MR) is 44.0 cm³/mol. The van der Waals surface area contributed by atoms with Crippen molar-refractivity contribution in [1.29, 1.82) is 0 Å². The van der Waals surface area contributed by atoms with Crippen molar-refractivity contribution in [2.75, 3.05) is 0 Å². The van der Waals surface area contributed by atoms with Gasteiger partial charge in [0.05, 0.1) is 6.04 Å². The Morgan fingerprint density at radius 3 is 2.73 bits per heavy atom. The standard InChI is InChI=1S/C8H16N2O/c1-3-6(9)8(11)10-7-4-5(7)2/h5-7H,3-4,9H2,1-2H3,(H,10,11). The summed E-state index contributed by atoms with van der Waals surface area (Å²) in [5.74, 6) is 0.657. The van der Waals surface area contributed by atoms with Crippen molar-refractivity contribution in [2.24, 2.45) is 11.7 Å². The van der Waals surface area contributed by atoms with Crippen LogP contribution in [0, 0.1) is 5.92 Å². The van der Waals surface area contributed by atoms with Crippen LogP contribution in [0.3, 0.4) is 0 Å². The van der Waals surface area contributed by atoms with E-state index >= 15 is 0 Å². The molecule has 1 amide bonds. The third-order valence-corrected chi connectivity index (χ3v) is 2.21. The van der Waals surface area contributed by atoms with Gasteiger partial charge in [0.2, 0.25) is 5.91 Å². The third kappa shape index (κ3) is 2.19. The topological polar surface area (TPSA) is 55.1 Å². The molecule has 3 unspecified atom stereocenters. The van der Waals surface area contributed by atoms with E-state index in [1.54, 1.807) is 0 Å². The van der Waals surface area contributed by atoms with Crippen molar-refractivity contribution < 1.29 is 4.79 Å². The van der Waals surface area contributed by atoms with Crippen LogP contribution in [-0.2, 0) is 4.79 Å². The predicted octanol–water partition coefficient (Wildman–Crippen LogP) is 0.248. The molecule has 0 saturated heterocycles. The van der Waals surface area contributed by atoms with Crippen molar-refractivity contribution in [1.82, 2.24) is 5.32 Å². The maximum atomic E-state index is 11.1. The Balaban J connectivity index is 2.21. The molecule has 1 aliphatic carbocycles. The summed E-state index contributed by atoms with van der Waals surface area (Å²) in [4.78, 5) is 11.1. The molecule has 3 heteroatoms. The lowest BCUT2D eigenvalue weighted by atomic mass is 10.2. The number of nitrogens with two attached hydrogens (primary N) is 1. The zero-order chi connectivity index (χ0) is 8.43. The molecule has 3 atom stereocenters. The summed E-state index contributed by atoms with van der Waals surface area (Å²) in [6.07, 6.45) is 1.83. The first-order valence-electron chi connectivity index (χ1n) is 4.21. The van der Waals surface area contributed by atoms with Crippen LogP contribution in [0.15, 0.2) is 0 Å². The van der Waals surface area contributed by atoms with Crippen LogP contribution in [0.1, 0.15) is 26.7 Å². The molecule has 0 aromatic rings. The highest BCUT2D eigenvalue weighted by Crippen LogP contribution is 2.28. The van der Waals surface area contributed by atoms with Crippen molar-refractivity contribution in [3.05, 3.63) is 0 Å². The Morgan fingerprint density at radius 2 is 2.36 bits per heavy atom. The van der Waals surface area contributed by atoms with Gasteiger partial charge >= 0.3 is 0 Å². The van der Waals surface area contributed by atoms with Gasteiger partial charge in [0, 0.05) is 6.04 Å². The smallest absolute Gasteiger partial charge is 0.237 e. The Bertz CT molecular complexity index is 158. The van der Waals surface area contributed by atoms with Crippen LogP contribution >= 0.6 is 0 Å². The fraction of sp³-hybridized carbons (Fsp3) is 0.875. The van der Waals surface area contributed by atoms with E-state index in [9.17, 15) is 4.79 Å². The van der Waals surface area contributed by atoms with Gasteiger partial charge in [-0.05, 0) is 18.8 Å². The molecule has 0 aromatic carbocycles. The van der Waals surface area contributed by atoms with Gasteiger partial charge in [-0.3, -0.25) is 4.79 Å². The largest absolute Gasteiger partial charge is 0.352 e. The molecular weight excluding hydrogens is 140 g/mol. The summed E-state index contributed by atoms with van der Waals surface area (Å²) in [5.41, 5.74) is 5.53. The Morgan fingerprint density at radius 1 is 1.82 bits per heavy atom. The second-order valence-electron chi connectivity index (χ2n) is 3.34. The summed E-state index contributed by atoms with van der Waals surface area (Å²) in [6, 6.07) is 0.0860. The molecule has 3 nitrogen and oxygen atoms in total. The molecule has 11 heavy (non-hydrogen) atoms. The Kier molecular flexibility index (Phi) is 2.49. The lowest BCUT2D eigenvalue weighted by molar-refractivity contribution is -0.122. The van der Waals surface area contributed by atoms with Crippen LogP contribution in [0.25, 0.3) is 0 Å². The molecule has 0 radical (unpaired) electrons. The summed E-state index contributed by atoms with van der Waals surface area (Å²) < 4.78 is 0. The van der Waals surface area contributed by atoms with Gasteiger partial charge < -0.3 is 11.1 Å². The van der Waals surface area contributed by atoms with E-state index in [-0.39, 0.29) is 11.9 Å².